The smallest absolute Gasteiger partial charge is 0.313 e. The second-order valence-corrected chi connectivity index (χ2v) is 6.47. The zero-order valence-electron chi connectivity index (χ0n) is 13.0. The van der Waals surface area contributed by atoms with Gasteiger partial charge in [0.05, 0.1) is 26.7 Å². The second kappa shape index (κ2) is 7.47. The van der Waals surface area contributed by atoms with Gasteiger partial charge in [0.15, 0.2) is 5.16 Å². The van der Waals surface area contributed by atoms with E-state index in [1.807, 2.05) is 0 Å². The van der Waals surface area contributed by atoms with Crippen molar-refractivity contribution in [1.82, 2.24) is 9.97 Å². The lowest BCUT2D eigenvalue weighted by molar-refractivity contribution is -0.385. The molecule has 0 bridgehead atoms. The number of carboxylic acid groups (broad SMARTS) is 1. The predicted molar refractivity (Wildman–Crippen MR) is 98.5 cm³/mol. The van der Waals surface area contributed by atoms with Gasteiger partial charge in [0.2, 0.25) is 0 Å². The third-order valence-corrected chi connectivity index (χ3v) is 4.48. The van der Waals surface area contributed by atoms with E-state index in [0.717, 1.165) is 11.8 Å². The number of fused-ring (bicyclic) bond motifs is 1. The lowest BCUT2D eigenvalue weighted by Crippen LogP contribution is -1.97. The van der Waals surface area contributed by atoms with Gasteiger partial charge in [-0.1, -0.05) is 47.3 Å². The van der Waals surface area contributed by atoms with Crippen molar-refractivity contribution in [1.29, 1.82) is 0 Å². The van der Waals surface area contributed by atoms with Crippen LogP contribution < -0.4 is 0 Å². The molecule has 0 unspecified atom stereocenters. The van der Waals surface area contributed by atoms with Gasteiger partial charge < -0.3 is 10.1 Å². The van der Waals surface area contributed by atoms with E-state index in [2.05, 4.69) is 21.8 Å². The van der Waals surface area contributed by atoms with Crippen molar-refractivity contribution < 1.29 is 14.8 Å². The van der Waals surface area contributed by atoms with E-state index in [4.69, 9.17) is 16.7 Å². The molecule has 0 radical (unpaired) electrons. The molecule has 0 aliphatic rings. The van der Waals surface area contributed by atoms with Gasteiger partial charge in [-0.05, 0) is 18.2 Å². The number of benzene rings is 2. The molecule has 1 aromatic heterocycles. The van der Waals surface area contributed by atoms with Crippen LogP contribution in [0.15, 0.2) is 41.6 Å². The summed E-state index contributed by atoms with van der Waals surface area (Å²) in [5, 5.41) is 20.6. The Kier molecular flexibility index (Phi) is 5.11. The number of aliphatic carboxylic acids is 1. The number of nitrogens with one attached hydrogen (secondary N) is 1. The maximum Gasteiger partial charge on any atom is 0.313 e. The quantitative estimate of drug-likeness (QED) is 0.306. The molecule has 7 nitrogen and oxygen atoms in total. The van der Waals surface area contributed by atoms with Gasteiger partial charge in [0.1, 0.15) is 5.56 Å². The van der Waals surface area contributed by atoms with Crippen LogP contribution in [0.5, 0.6) is 0 Å². The van der Waals surface area contributed by atoms with Crippen molar-refractivity contribution >= 4 is 46.1 Å². The third-order valence-electron chi connectivity index (χ3n) is 3.31. The molecule has 0 fully saturated rings. The van der Waals surface area contributed by atoms with Gasteiger partial charge in [-0.15, -0.1) is 0 Å². The summed E-state index contributed by atoms with van der Waals surface area (Å²) < 4.78 is 0. The molecular weight excluding hydrogens is 378 g/mol. The largest absolute Gasteiger partial charge is 0.481 e. The highest BCUT2D eigenvalue weighted by Gasteiger charge is 2.11. The summed E-state index contributed by atoms with van der Waals surface area (Å²) in [5.74, 6) is 4.56. The van der Waals surface area contributed by atoms with Crippen molar-refractivity contribution in [2.24, 2.45) is 0 Å². The highest BCUT2D eigenvalue weighted by atomic mass is 35.5. The molecule has 0 saturated heterocycles. The van der Waals surface area contributed by atoms with Crippen molar-refractivity contribution in [2.45, 2.75) is 5.16 Å². The molecule has 3 aromatic rings. The Balaban J connectivity index is 1.96. The summed E-state index contributed by atoms with van der Waals surface area (Å²) in [6, 6.07) is 9.48. The van der Waals surface area contributed by atoms with Crippen molar-refractivity contribution in [3.8, 4) is 11.8 Å². The van der Waals surface area contributed by atoms with Crippen LogP contribution in [0.2, 0.25) is 5.02 Å². The van der Waals surface area contributed by atoms with Gasteiger partial charge in [0, 0.05) is 11.6 Å². The second-order valence-electron chi connectivity index (χ2n) is 5.10. The van der Waals surface area contributed by atoms with E-state index in [9.17, 15) is 14.9 Å². The highest BCUT2D eigenvalue weighted by molar-refractivity contribution is 7.99. The summed E-state index contributed by atoms with van der Waals surface area (Å²) in [7, 11) is 0. The molecule has 2 aromatic carbocycles. The number of carboxylic acids is 1. The van der Waals surface area contributed by atoms with Crippen LogP contribution >= 0.6 is 23.4 Å². The number of thioether (sulfide) groups is 1. The first-order valence-corrected chi connectivity index (χ1v) is 8.59. The molecule has 0 aliphatic carbocycles. The van der Waals surface area contributed by atoms with Gasteiger partial charge >= 0.3 is 5.97 Å². The van der Waals surface area contributed by atoms with E-state index >= 15 is 0 Å². The number of aromatic amines is 1. The number of halogens is 1. The van der Waals surface area contributed by atoms with Gasteiger partial charge in [-0.3, -0.25) is 14.9 Å². The minimum atomic E-state index is -0.940. The van der Waals surface area contributed by atoms with Crippen molar-refractivity contribution in [2.75, 3.05) is 5.75 Å². The first kappa shape index (κ1) is 17.8. The van der Waals surface area contributed by atoms with E-state index in [0.29, 0.717) is 26.8 Å². The standard InChI is InChI=1S/C17H10ClN3O4S/c18-12-8-14-13(19-17(20-14)26-9-16(22)23)7-11(12)6-5-10-3-1-2-4-15(10)21(24)25/h1-4,7-8H,9H2,(H,19,20)(H,22,23). The molecule has 0 saturated carbocycles. The number of aromatic nitrogens is 2. The van der Waals surface area contributed by atoms with E-state index in [-0.39, 0.29) is 17.0 Å². The topological polar surface area (TPSA) is 109 Å². The third kappa shape index (κ3) is 3.96. The summed E-state index contributed by atoms with van der Waals surface area (Å²) in [6.07, 6.45) is 0. The first-order valence-electron chi connectivity index (χ1n) is 7.23. The maximum atomic E-state index is 11.0. The fourth-order valence-corrected chi connectivity index (χ4v) is 2.99. The molecule has 0 spiro atoms. The van der Waals surface area contributed by atoms with Gasteiger partial charge in [0.25, 0.3) is 5.69 Å². The number of nitrogens with zero attached hydrogens (tertiary/aromatic N) is 2. The summed E-state index contributed by atoms with van der Waals surface area (Å²) in [4.78, 5) is 28.5. The molecule has 130 valence electrons. The van der Waals surface area contributed by atoms with Crippen LogP contribution in [-0.4, -0.2) is 31.7 Å². The molecule has 0 aliphatic heterocycles. The van der Waals surface area contributed by atoms with Crippen LogP contribution in [0.3, 0.4) is 0 Å². The number of H-pyrrole nitrogens is 1. The molecule has 0 amide bonds. The zero-order valence-corrected chi connectivity index (χ0v) is 14.6. The van der Waals surface area contributed by atoms with E-state index in [1.165, 1.54) is 6.07 Å². The van der Waals surface area contributed by atoms with Crippen molar-refractivity contribution in [3.63, 3.8) is 0 Å². The molecular formula is C17H10ClN3O4S. The number of hydrogen-bond donors (Lipinski definition) is 2. The van der Waals surface area contributed by atoms with Crippen molar-refractivity contribution in [3.05, 3.63) is 62.7 Å². The molecule has 3 rings (SSSR count). The molecule has 2 N–H and O–H groups in total. The summed E-state index contributed by atoms with van der Waals surface area (Å²) in [5.41, 5.74) is 1.92. The molecule has 0 atom stereocenters. The minimum Gasteiger partial charge on any atom is -0.481 e. The Morgan fingerprint density at radius 3 is 2.77 bits per heavy atom. The molecule has 9 heteroatoms. The van der Waals surface area contributed by atoms with Crippen LogP contribution in [-0.2, 0) is 4.79 Å². The number of para-hydroxylation sites is 1. The van der Waals surface area contributed by atoms with Gasteiger partial charge in [-0.25, -0.2) is 4.98 Å². The average molecular weight is 388 g/mol. The Labute approximate surface area is 156 Å². The number of nitro groups is 1. The SMILES string of the molecule is O=C(O)CSc1nc2cc(Cl)c(C#Cc3ccccc3[N+](=O)[O-])cc2[nH]1. The average Bonchev–Trinajstić information content (AvgIpc) is 2.99. The lowest BCUT2D eigenvalue weighted by atomic mass is 10.1. The number of nitro benzene ring substituents is 1. The lowest BCUT2D eigenvalue weighted by Gasteiger charge is -1.97. The van der Waals surface area contributed by atoms with Crippen LogP contribution in [0, 0.1) is 22.0 Å². The van der Waals surface area contributed by atoms with Crippen LogP contribution in [0.1, 0.15) is 11.1 Å². The number of carbonyl (C=O) groups is 1. The van der Waals surface area contributed by atoms with Gasteiger partial charge in [-0.2, -0.15) is 0 Å². The highest BCUT2D eigenvalue weighted by Crippen LogP contribution is 2.25. The van der Waals surface area contributed by atoms with Crippen LogP contribution in [0.4, 0.5) is 5.69 Å². The monoisotopic (exact) mass is 387 g/mol. The summed E-state index contributed by atoms with van der Waals surface area (Å²) >= 11 is 7.28. The number of rotatable bonds is 4. The Bertz CT molecular complexity index is 1080. The fourth-order valence-electron chi connectivity index (χ4n) is 2.18. The first-order chi connectivity index (χ1) is 12.4. The Morgan fingerprint density at radius 1 is 1.31 bits per heavy atom. The number of imidazole rings is 1. The predicted octanol–water partition coefficient (Wildman–Crippen LogP) is 3.70. The fraction of sp³-hybridized carbons (Fsp3) is 0.0588. The maximum absolute atomic E-state index is 11.0. The van der Waals surface area contributed by atoms with E-state index in [1.54, 1.807) is 30.3 Å². The number of hydrogen-bond acceptors (Lipinski definition) is 5. The Morgan fingerprint density at radius 2 is 2.04 bits per heavy atom. The molecule has 1 heterocycles. The Hall–Kier alpha value is -3.02. The minimum absolute atomic E-state index is 0.0777. The normalized spacial score (nSPS) is 10.3. The zero-order chi connectivity index (χ0) is 18.7. The molecule has 26 heavy (non-hydrogen) atoms. The van der Waals surface area contributed by atoms with E-state index < -0.39 is 10.9 Å². The summed E-state index contributed by atoms with van der Waals surface area (Å²) in [6.45, 7) is 0. The van der Waals surface area contributed by atoms with Crippen LogP contribution in [0.25, 0.3) is 11.0 Å².